The minimum absolute atomic E-state index is 0.305. The molecule has 130 valence electrons. The predicted octanol–water partition coefficient (Wildman–Crippen LogP) is 2.32. The molecule has 0 unspecified atom stereocenters. The van der Waals surface area contributed by atoms with E-state index in [9.17, 15) is 5.26 Å². The zero-order valence-electron chi connectivity index (χ0n) is 14.4. The van der Waals surface area contributed by atoms with Crippen LogP contribution in [0.1, 0.15) is 19.8 Å². The first-order chi connectivity index (χ1) is 11.8. The van der Waals surface area contributed by atoms with Gasteiger partial charge in [0.2, 0.25) is 0 Å². The first-order valence-corrected chi connectivity index (χ1v) is 9.20. The summed E-state index contributed by atoms with van der Waals surface area (Å²) < 4.78 is 2.02. The quantitative estimate of drug-likeness (QED) is 0.272. The van der Waals surface area contributed by atoms with Crippen LogP contribution in [0.2, 0.25) is 0 Å². The van der Waals surface area contributed by atoms with Gasteiger partial charge in [0.15, 0.2) is 0 Å². The van der Waals surface area contributed by atoms with Crippen LogP contribution >= 0.6 is 11.8 Å². The molecular weight excluding hydrogens is 322 g/mol. The number of hydrazone groups is 1. The number of nitrogens with one attached hydrogen (secondary N) is 1. The van der Waals surface area contributed by atoms with Crippen LogP contribution in [-0.4, -0.2) is 52.7 Å². The zero-order chi connectivity index (χ0) is 17.6. The summed E-state index contributed by atoms with van der Waals surface area (Å²) in [5.41, 5.74) is 0.655. The maximum Gasteiger partial charge on any atom is 0.139 e. The van der Waals surface area contributed by atoms with Crippen LogP contribution in [0.4, 0.5) is 0 Å². The van der Waals surface area contributed by atoms with E-state index in [2.05, 4.69) is 33.2 Å². The van der Waals surface area contributed by atoms with Crippen LogP contribution in [0, 0.1) is 11.3 Å². The van der Waals surface area contributed by atoms with E-state index in [1.165, 1.54) is 0 Å². The molecular formula is C16H25N7S. The lowest BCUT2D eigenvalue weighted by Crippen LogP contribution is -2.31. The van der Waals surface area contributed by atoms with Crippen molar-refractivity contribution in [2.75, 3.05) is 25.2 Å². The SMILES string of the molecule is C=NCN(/N=C\CC)/C(NCCCn1ccnc1)=C(/C#N)CSC. The van der Waals surface area contributed by atoms with Crippen LogP contribution < -0.4 is 5.32 Å². The first-order valence-electron chi connectivity index (χ1n) is 7.81. The van der Waals surface area contributed by atoms with Crippen molar-refractivity contribution in [3.8, 4) is 6.07 Å². The summed E-state index contributed by atoms with van der Waals surface area (Å²) in [6.45, 7) is 7.44. The number of nitrogens with zero attached hydrogens (tertiary/aromatic N) is 6. The number of hydrogen-bond acceptors (Lipinski definition) is 7. The van der Waals surface area contributed by atoms with Crippen molar-refractivity contribution < 1.29 is 0 Å². The van der Waals surface area contributed by atoms with Crippen LogP contribution in [0.25, 0.3) is 0 Å². The summed E-state index contributed by atoms with van der Waals surface area (Å²) in [4.78, 5) is 7.94. The Kier molecular flexibility index (Phi) is 10.0. The fourth-order valence-electron chi connectivity index (χ4n) is 1.98. The van der Waals surface area contributed by atoms with Gasteiger partial charge in [-0.3, -0.25) is 4.99 Å². The lowest BCUT2D eigenvalue weighted by atomic mass is 10.3. The number of hydrogen-bond donors (Lipinski definition) is 1. The maximum atomic E-state index is 9.48. The topological polar surface area (TPSA) is 81.6 Å². The van der Waals surface area contributed by atoms with Crippen molar-refractivity contribution in [1.82, 2.24) is 19.9 Å². The highest BCUT2D eigenvalue weighted by atomic mass is 32.2. The second kappa shape index (κ2) is 12.2. The van der Waals surface area contributed by atoms with E-state index in [0.29, 0.717) is 23.8 Å². The van der Waals surface area contributed by atoms with E-state index in [0.717, 1.165) is 25.9 Å². The molecule has 1 aromatic heterocycles. The van der Waals surface area contributed by atoms with E-state index < -0.39 is 0 Å². The van der Waals surface area contributed by atoms with Gasteiger partial charge in [-0.25, -0.2) is 9.99 Å². The van der Waals surface area contributed by atoms with Crippen molar-refractivity contribution >= 4 is 24.7 Å². The number of imidazole rings is 1. The number of nitriles is 1. The molecule has 0 radical (unpaired) electrons. The largest absolute Gasteiger partial charge is 0.369 e. The summed E-state index contributed by atoms with van der Waals surface area (Å²) >= 11 is 1.60. The van der Waals surface area contributed by atoms with E-state index in [1.54, 1.807) is 35.5 Å². The molecule has 0 fully saturated rings. The molecule has 1 heterocycles. The van der Waals surface area contributed by atoms with E-state index in [4.69, 9.17) is 0 Å². The van der Waals surface area contributed by atoms with Gasteiger partial charge < -0.3 is 9.88 Å². The molecule has 0 bridgehead atoms. The minimum atomic E-state index is 0.305. The Morgan fingerprint density at radius 1 is 1.58 bits per heavy atom. The Labute approximate surface area is 148 Å². The molecule has 1 aromatic rings. The van der Waals surface area contributed by atoms with Gasteiger partial charge in [-0.15, -0.1) is 0 Å². The lowest BCUT2D eigenvalue weighted by molar-refractivity contribution is 0.344. The Morgan fingerprint density at radius 2 is 2.42 bits per heavy atom. The molecule has 0 amide bonds. The Bertz CT molecular complexity index is 572. The van der Waals surface area contributed by atoms with E-state index in [1.807, 2.05) is 23.9 Å². The fraction of sp³-hybridized carbons (Fsp3) is 0.500. The number of aliphatic imine (C=N–C) groups is 1. The summed E-state index contributed by atoms with van der Waals surface area (Å²) in [5.74, 6) is 1.32. The number of aromatic nitrogens is 2. The molecule has 1 N–H and O–H groups in total. The van der Waals surface area contributed by atoms with Crippen LogP contribution in [0.5, 0.6) is 0 Å². The molecule has 0 aliphatic heterocycles. The molecule has 0 saturated heterocycles. The molecule has 8 heteroatoms. The average Bonchev–Trinajstić information content (AvgIpc) is 3.11. The Morgan fingerprint density at radius 3 is 3.00 bits per heavy atom. The summed E-state index contributed by atoms with van der Waals surface area (Å²) in [7, 11) is 0. The van der Waals surface area contributed by atoms with Crippen molar-refractivity contribution in [3.63, 3.8) is 0 Å². The second-order valence-corrected chi connectivity index (χ2v) is 5.79. The van der Waals surface area contributed by atoms with Gasteiger partial charge in [0.1, 0.15) is 12.5 Å². The molecule has 0 atom stereocenters. The van der Waals surface area contributed by atoms with Gasteiger partial charge in [-0.1, -0.05) is 6.92 Å². The van der Waals surface area contributed by atoms with Crippen molar-refractivity contribution in [2.24, 2.45) is 10.1 Å². The van der Waals surface area contributed by atoms with Gasteiger partial charge in [0.05, 0.1) is 18.0 Å². The standard InChI is InChI=1S/C16H25N7S/c1-4-6-21-23(13-18-2)16(15(11-17)12-24-3)20-7-5-9-22-10-8-19-14-22/h6,8,10,14,20H,2,4-5,7,9,12-13H2,1,3H3/b16-15-,21-6-. The third-order valence-corrected chi connectivity index (χ3v) is 3.63. The maximum absolute atomic E-state index is 9.48. The number of aryl methyl sites for hydroxylation is 1. The highest BCUT2D eigenvalue weighted by Gasteiger charge is 2.13. The van der Waals surface area contributed by atoms with Crippen molar-refractivity contribution in [3.05, 3.63) is 30.1 Å². The van der Waals surface area contributed by atoms with E-state index >= 15 is 0 Å². The number of rotatable bonds is 12. The molecule has 1 rings (SSSR count). The zero-order valence-corrected chi connectivity index (χ0v) is 15.2. The molecule has 24 heavy (non-hydrogen) atoms. The first kappa shape index (κ1) is 19.8. The normalized spacial score (nSPS) is 11.9. The monoisotopic (exact) mass is 347 g/mol. The number of thioether (sulfide) groups is 1. The Balaban J connectivity index is 2.81. The highest BCUT2D eigenvalue weighted by molar-refractivity contribution is 7.98. The summed E-state index contributed by atoms with van der Waals surface area (Å²) in [6.07, 6.45) is 11.0. The van der Waals surface area contributed by atoms with Crippen molar-refractivity contribution in [1.29, 1.82) is 5.26 Å². The highest BCUT2D eigenvalue weighted by Crippen LogP contribution is 2.13. The predicted molar refractivity (Wildman–Crippen MR) is 101 cm³/mol. The van der Waals surface area contributed by atoms with Gasteiger partial charge in [-0.05, 0) is 25.8 Å². The molecule has 7 nitrogen and oxygen atoms in total. The fourth-order valence-corrected chi connectivity index (χ4v) is 2.47. The molecule has 0 spiro atoms. The van der Waals surface area contributed by atoms with E-state index in [-0.39, 0.29) is 0 Å². The van der Waals surface area contributed by atoms with Crippen LogP contribution in [0.3, 0.4) is 0 Å². The third-order valence-electron chi connectivity index (χ3n) is 3.05. The lowest BCUT2D eigenvalue weighted by Gasteiger charge is -2.23. The van der Waals surface area contributed by atoms with Crippen LogP contribution in [0.15, 0.2) is 40.2 Å². The van der Waals surface area contributed by atoms with Gasteiger partial charge in [0, 0.05) is 37.5 Å². The molecule has 0 saturated carbocycles. The molecule has 0 aromatic carbocycles. The second-order valence-electron chi connectivity index (χ2n) is 4.92. The summed E-state index contributed by atoms with van der Waals surface area (Å²) in [5, 5.41) is 18.9. The van der Waals surface area contributed by atoms with Crippen molar-refractivity contribution in [2.45, 2.75) is 26.3 Å². The third kappa shape index (κ3) is 6.87. The van der Waals surface area contributed by atoms with Crippen LogP contribution in [-0.2, 0) is 6.54 Å². The van der Waals surface area contributed by atoms with Gasteiger partial charge >= 0.3 is 0 Å². The smallest absolute Gasteiger partial charge is 0.139 e. The molecule has 0 aliphatic carbocycles. The Hall–Kier alpha value is -2.27. The van der Waals surface area contributed by atoms with Gasteiger partial charge in [-0.2, -0.15) is 22.1 Å². The molecule has 0 aliphatic rings. The summed E-state index contributed by atoms with van der Waals surface area (Å²) in [6, 6.07) is 2.28. The average molecular weight is 347 g/mol. The minimum Gasteiger partial charge on any atom is -0.369 e. The van der Waals surface area contributed by atoms with Gasteiger partial charge in [0.25, 0.3) is 0 Å².